The van der Waals surface area contributed by atoms with E-state index in [1.165, 1.54) is 17.5 Å². The molecule has 1 aliphatic rings. The quantitative estimate of drug-likeness (QED) is 0.750. The summed E-state index contributed by atoms with van der Waals surface area (Å²) in [6.45, 7) is 1.52. The molecule has 0 aliphatic carbocycles. The van der Waals surface area contributed by atoms with E-state index >= 15 is 0 Å². The second-order valence-electron chi connectivity index (χ2n) is 6.11. The Kier molecular flexibility index (Phi) is 6.45. The highest BCUT2D eigenvalue weighted by atomic mass is 32.2. The van der Waals surface area contributed by atoms with Gasteiger partial charge in [0.1, 0.15) is 5.75 Å². The lowest BCUT2D eigenvalue weighted by Crippen LogP contribution is -2.40. The van der Waals surface area contributed by atoms with Crippen LogP contribution in [0.1, 0.15) is 5.56 Å². The monoisotopic (exact) mass is 402 g/mol. The van der Waals surface area contributed by atoms with Crippen molar-refractivity contribution in [3.8, 4) is 5.75 Å². The van der Waals surface area contributed by atoms with E-state index in [0.29, 0.717) is 37.7 Å². The number of rotatable bonds is 6. The number of amides is 1. The molecule has 7 nitrogen and oxygen atoms in total. The van der Waals surface area contributed by atoms with Crippen LogP contribution in [0.15, 0.2) is 59.5 Å². The highest BCUT2D eigenvalue weighted by Gasteiger charge is 2.25. The Bertz CT molecular complexity index is 949. The standard InChI is InChI=1S/C20H22N2O5S/c1-26-19-5-3-2-4-18(19)21-20(23)11-8-16-6-9-17(10-7-16)28(24,25)22-12-14-27-15-13-22/h2-11H,12-15H2,1H3,(H,21,23)/b11-8+. The Morgan fingerprint density at radius 2 is 1.79 bits per heavy atom. The van der Waals surface area contributed by atoms with Crippen molar-refractivity contribution in [1.29, 1.82) is 0 Å². The van der Waals surface area contributed by atoms with Crippen LogP contribution < -0.4 is 10.1 Å². The number of hydrogen-bond acceptors (Lipinski definition) is 5. The zero-order chi connectivity index (χ0) is 20.0. The van der Waals surface area contributed by atoms with E-state index in [1.807, 2.05) is 6.07 Å². The Labute approximate surface area is 164 Å². The predicted molar refractivity (Wildman–Crippen MR) is 107 cm³/mol. The summed E-state index contributed by atoms with van der Waals surface area (Å²) in [5, 5.41) is 2.75. The SMILES string of the molecule is COc1ccccc1NC(=O)/C=C/c1ccc(S(=O)(=O)N2CCOCC2)cc1. The van der Waals surface area contributed by atoms with Crippen molar-refractivity contribution in [2.75, 3.05) is 38.7 Å². The molecule has 2 aromatic carbocycles. The fraction of sp³-hybridized carbons (Fsp3) is 0.250. The Balaban J connectivity index is 1.65. The van der Waals surface area contributed by atoms with Crippen molar-refractivity contribution in [3.05, 3.63) is 60.2 Å². The first kappa shape index (κ1) is 20.1. The lowest BCUT2D eigenvalue weighted by atomic mass is 10.2. The second-order valence-corrected chi connectivity index (χ2v) is 8.05. The third-order valence-electron chi connectivity index (χ3n) is 4.28. The molecule has 28 heavy (non-hydrogen) atoms. The summed E-state index contributed by atoms with van der Waals surface area (Å²) in [5.41, 5.74) is 1.29. The fourth-order valence-corrected chi connectivity index (χ4v) is 4.19. The van der Waals surface area contributed by atoms with E-state index in [0.717, 1.165) is 5.56 Å². The van der Waals surface area contributed by atoms with Crippen LogP contribution in [0.2, 0.25) is 0 Å². The molecule has 1 fully saturated rings. The summed E-state index contributed by atoms with van der Waals surface area (Å²) in [4.78, 5) is 12.3. The summed E-state index contributed by atoms with van der Waals surface area (Å²) < 4.78 is 37.0. The molecule has 0 atom stereocenters. The summed E-state index contributed by atoms with van der Waals surface area (Å²) in [6, 6.07) is 13.5. The molecule has 0 spiro atoms. The van der Waals surface area contributed by atoms with Gasteiger partial charge in [-0.3, -0.25) is 4.79 Å². The number of nitrogens with one attached hydrogen (secondary N) is 1. The molecule has 1 aliphatic heterocycles. The molecule has 1 N–H and O–H groups in total. The lowest BCUT2D eigenvalue weighted by molar-refractivity contribution is -0.111. The van der Waals surface area contributed by atoms with Gasteiger partial charge >= 0.3 is 0 Å². The molecule has 0 unspecified atom stereocenters. The minimum atomic E-state index is -3.52. The van der Waals surface area contributed by atoms with E-state index in [-0.39, 0.29) is 10.8 Å². The predicted octanol–water partition coefficient (Wildman–Crippen LogP) is 2.37. The van der Waals surface area contributed by atoms with Crippen molar-refractivity contribution >= 4 is 27.7 Å². The van der Waals surface area contributed by atoms with Gasteiger partial charge in [-0.1, -0.05) is 24.3 Å². The molecule has 1 heterocycles. The number of sulfonamides is 1. The Hall–Kier alpha value is -2.68. The first-order valence-corrected chi connectivity index (χ1v) is 10.2. The van der Waals surface area contributed by atoms with Crippen LogP contribution in [0.4, 0.5) is 5.69 Å². The molecule has 0 saturated carbocycles. The van der Waals surface area contributed by atoms with E-state index in [4.69, 9.17) is 9.47 Å². The zero-order valence-electron chi connectivity index (χ0n) is 15.5. The molecule has 0 radical (unpaired) electrons. The maximum Gasteiger partial charge on any atom is 0.248 e. The van der Waals surface area contributed by atoms with E-state index in [9.17, 15) is 13.2 Å². The number of methoxy groups -OCH3 is 1. The number of anilines is 1. The molecule has 148 valence electrons. The smallest absolute Gasteiger partial charge is 0.248 e. The number of morpholine rings is 1. The topological polar surface area (TPSA) is 84.9 Å². The molecular formula is C20H22N2O5S. The zero-order valence-corrected chi connectivity index (χ0v) is 16.3. The van der Waals surface area contributed by atoms with E-state index in [2.05, 4.69) is 5.32 Å². The average Bonchev–Trinajstić information content (AvgIpc) is 2.73. The second kappa shape index (κ2) is 9.01. The van der Waals surface area contributed by atoms with Gasteiger partial charge in [-0.2, -0.15) is 4.31 Å². The van der Waals surface area contributed by atoms with Crippen LogP contribution in [-0.4, -0.2) is 52.0 Å². The van der Waals surface area contributed by atoms with Gasteiger partial charge in [0.25, 0.3) is 0 Å². The van der Waals surface area contributed by atoms with Crippen molar-refractivity contribution in [3.63, 3.8) is 0 Å². The maximum absolute atomic E-state index is 12.6. The third kappa shape index (κ3) is 4.78. The number of hydrogen-bond donors (Lipinski definition) is 1. The lowest BCUT2D eigenvalue weighted by Gasteiger charge is -2.26. The average molecular weight is 402 g/mol. The van der Waals surface area contributed by atoms with Gasteiger partial charge in [0.05, 0.1) is 30.9 Å². The van der Waals surface area contributed by atoms with Crippen molar-refractivity contribution in [2.24, 2.45) is 0 Å². The van der Waals surface area contributed by atoms with E-state index < -0.39 is 10.0 Å². The highest BCUT2D eigenvalue weighted by molar-refractivity contribution is 7.89. The number of carbonyl (C=O) groups is 1. The number of para-hydroxylation sites is 2. The summed E-state index contributed by atoms with van der Waals surface area (Å²) in [7, 11) is -1.99. The summed E-state index contributed by atoms with van der Waals surface area (Å²) in [6.07, 6.45) is 3.01. The normalized spacial score (nSPS) is 15.5. The van der Waals surface area contributed by atoms with Crippen LogP contribution in [0, 0.1) is 0 Å². The van der Waals surface area contributed by atoms with Gasteiger partial charge in [-0.05, 0) is 35.9 Å². The van der Waals surface area contributed by atoms with Gasteiger partial charge < -0.3 is 14.8 Å². The van der Waals surface area contributed by atoms with Crippen molar-refractivity contribution < 1.29 is 22.7 Å². The highest BCUT2D eigenvalue weighted by Crippen LogP contribution is 2.23. The number of nitrogens with zero attached hydrogens (tertiary/aromatic N) is 1. The summed E-state index contributed by atoms with van der Waals surface area (Å²) >= 11 is 0. The minimum Gasteiger partial charge on any atom is -0.495 e. The maximum atomic E-state index is 12.6. The van der Waals surface area contributed by atoms with Gasteiger partial charge in [0.15, 0.2) is 0 Å². The van der Waals surface area contributed by atoms with Crippen molar-refractivity contribution in [1.82, 2.24) is 4.31 Å². The van der Waals surface area contributed by atoms with Crippen LogP contribution in [0.5, 0.6) is 5.75 Å². The summed E-state index contributed by atoms with van der Waals surface area (Å²) in [5.74, 6) is 0.261. The van der Waals surface area contributed by atoms with Crippen LogP contribution in [0.3, 0.4) is 0 Å². The fourth-order valence-electron chi connectivity index (χ4n) is 2.78. The van der Waals surface area contributed by atoms with Crippen molar-refractivity contribution in [2.45, 2.75) is 4.90 Å². The Morgan fingerprint density at radius 1 is 1.11 bits per heavy atom. The molecule has 8 heteroatoms. The molecule has 1 saturated heterocycles. The Morgan fingerprint density at radius 3 is 2.46 bits per heavy atom. The van der Waals surface area contributed by atoms with Crippen LogP contribution >= 0.6 is 0 Å². The molecular weight excluding hydrogens is 380 g/mol. The molecule has 2 aromatic rings. The first-order chi connectivity index (χ1) is 13.5. The molecule has 1 amide bonds. The number of benzene rings is 2. The van der Waals surface area contributed by atoms with E-state index in [1.54, 1.807) is 48.5 Å². The first-order valence-electron chi connectivity index (χ1n) is 8.81. The largest absolute Gasteiger partial charge is 0.495 e. The molecule has 3 rings (SSSR count). The minimum absolute atomic E-state index is 0.227. The van der Waals surface area contributed by atoms with Gasteiger partial charge in [0.2, 0.25) is 15.9 Å². The van der Waals surface area contributed by atoms with Gasteiger partial charge in [-0.25, -0.2) is 8.42 Å². The van der Waals surface area contributed by atoms with Crippen LogP contribution in [0.25, 0.3) is 6.08 Å². The van der Waals surface area contributed by atoms with Gasteiger partial charge in [0, 0.05) is 19.2 Å². The molecule has 0 bridgehead atoms. The van der Waals surface area contributed by atoms with Gasteiger partial charge in [-0.15, -0.1) is 0 Å². The number of ether oxygens (including phenoxy) is 2. The third-order valence-corrected chi connectivity index (χ3v) is 6.19. The number of carbonyl (C=O) groups excluding carboxylic acids is 1. The van der Waals surface area contributed by atoms with Crippen LogP contribution in [-0.2, 0) is 19.6 Å². The molecule has 0 aromatic heterocycles.